The molecule has 0 saturated heterocycles. The van der Waals surface area contributed by atoms with Gasteiger partial charge in [-0.1, -0.05) is 29.8 Å². The third-order valence-corrected chi connectivity index (χ3v) is 6.83. The van der Waals surface area contributed by atoms with E-state index in [9.17, 15) is 27.9 Å². The Morgan fingerprint density at radius 2 is 1.92 bits per heavy atom. The maximum Gasteiger partial charge on any atom is 0.572 e. The number of nitrogens with one attached hydrogen (secondary N) is 1. The van der Waals surface area contributed by atoms with Crippen LogP contribution in [0.2, 0.25) is 5.02 Å². The van der Waals surface area contributed by atoms with Gasteiger partial charge in [0.15, 0.2) is 0 Å². The maximum atomic E-state index is 13.5. The molecule has 2 N–H and O–H groups in total. The van der Waals surface area contributed by atoms with Gasteiger partial charge in [-0.05, 0) is 42.2 Å². The molecule has 0 fully saturated rings. The fourth-order valence-corrected chi connectivity index (χ4v) is 4.75. The Morgan fingerprint density at radius 1 is 1.22 bits per heavy atom. The summed E-state index contributed by atoms with van der Waals surface area (Å²) in [6, 6.07) is 7.03. The quantitative estimate of drug-likeness (QED) is 0.473. The summed E-state index contributed by atoms with van der Waals surface area (Å²) in [5.74, 6) is -0.0956. The second-order valence-corrected chi connectivity index (χ2v) is 9.73. The van der Waals surface area contributed by atoms with E-state index in [1.807, 2.05) is 0 Å². The largest absolute Gasteiger partial charge is 0.572 e. The highest BCUT2D eigenvalue weighted by Gasteiger charge is 2.37. The molecular weight excluding hydrogens is 536 g/mol. The molecule has 2 aliphatic rings. The lowest BCUT2D eigenvalue weighted by Crippen LogP contribution is -2.42. The van der Waals surface area contributed by atoms with Crippen LogP contribution in [0.3, 0.4) is 0 Å². The van der Waals surface area contributed by atoms with Crippen LogP contribution in [0.1, 0.15) is 24.8 Å². The van der Waals surface area contributed by atoms with E-state index in [1.54, 1.807) is 35.2 Å². The molecule has 0 bridgehead atoms. The second-order valence-electron chi connectivity index (χ2n) is 8.77. The van der Waals surface area contributed by atoms with Crippen molar-refractivity contribution in [2.45, 2.75) is 50.3 Å². The van der Waals surface area contributed by atoms with Crippen LogP contribution in [-0.4, -0.2) is 38.8 Å². The van der Waals surface area contributed by atoms with E-state index < -0.39 is 34.9 Å². The van der Waals surface area contributed by atoms with E-state index in [2.05, 4.69) is 10.1 Å². The van der Waals surface area contributed by atoms with Crippen molar-refractivity contribution in [3.63, 3.8) is 0 Å². The molecule has 37 heavy (non-hydrogen) atoms. The Bertz CT molecular complexity index is 1340. The molecule has 2 heterocycles. The molecule has 200 valence electrons. The molecule has 8 nitrogen and oxygen atoms in total. The van der Waals surface area contributed by atoms with Gasteiger partial charge in [0.05, 0.1) is 5.38 Å². The summed E-state index contributed by atoms with van der Waals surface area (Å²) in [5, 5.41) is 12.0. The number of aliphatic hydroxyl groups excluding tert-OH is 1. The van der Waals surface area contributed by atoms with Crippen molar-refractivity contribution >= 4 is 34.7 Å². The van der Waals surface area contributed by atoms with Crippen molar-refractivity contribution in [3.8, 4) is 0 Å². The summed E-state index contributed by atoms with van der Waals surface area (Å²) in [6.45, 7) is 0.112. The Morgan fingerprint density at radius 3 is 2.57 bits per heavy atom. The van der Waals surface area contributed by atoms with Crippen molar-refractivity contribution in [1.82, 2.24) is 9.13 Å². The first kappa shape index (κ1) is 27.2. The molecule has 2 unspecified atom stereocenters. The number of aromatic nitrogens is 2. The van der Waals surface area contributed by atoms with Gasteiger partial charge in [0.25, 0.3) is 5.56 Å². The summed E-state index contributed by atoms with van der Waals surface area (Å²) in [7, 11) is 1.53. The molecule has 2 atom stereocenters. The molecule has 1 aromatic heterocycles. The van der Waals surface area contributed by atoms with Gasteiger partial charge in [-0.15, -0.1) is 24.8 Å². The predicted octanol–water partition coefficient (Wildman–Crippen LogP) is 4.09. The van der Waals surface area contributed by atoms with Gasteiger partial charge in [0.1, 0.15) is 23.4 Å². The van der Waals surface area contributed by atoms with Gasteiger partial charge in [0, 0.05) is 38.2 Å². The smallest absolute Gasteiger partial charge is 0.409 e. The van der Waals surface area contributed by atoms with Crippen molar-refractivity contribution in [2.75, 3.05) is 16.8 Å². The summed E-state index contributed by atoms with van der Waals surface area (Å²) in [4.78, 5) is 28.1. The molecule has 0 spiro atoms. The van der Waals surface area contributed by atoms with Crippen molar-refractivity contribution in [3.05, 3.63) is 79.2 Å². The van der Waals surface area contributed by atoms with E-state index in [0.717, 1.165) is 10.1 Å². The molecule has 1 aliphatic carbocycles. The first-order chi connectivity index (χ1) is 17.5. The first-order valence-electron chi connectivity index (χ1n) is 11.5. The summed E-state index contributed by atoms with van der Waals surface area (Å²) >= 11 is 12.1. The normalized spacial score (nSPS) is 19.3. The summed E-state index contributed by atoms with van der Waals surface area (Å²) < 4.78 is 45.1. The fourth-order valence-electron chi connectivity index (χ4n) is 4.43. The monoisotopic (exact) mass is 560 g/mol. The maximum absolute atomic E-state index is 13.5. The number of hydrogen-bond acceptors (Lipinski definition) is 6. The number of alkyl halides is 4. The van der Waals surface area contributed by atoms with E-state index in [0.29, 0.717) is 16.4 Å². The van der Waals surface area contributed by atoms with Crippen molar-refractivity contribution in [2.24, 2.45) is 7.05 Å². The number of aliphatic hydroxyl groups is 1. The Labute approximate surface area is 220 Å². The lowest BCUT2D eigenvalue weighted by atomic mass is 10.0. The molecule has 0 saturated carbocycles. The predicted molar refractivity (Wildman–Crippen MR) is 135 cm³/mol. The average Bonchev–Trinajstić information content (AvgIpc) is 3.18. The lowest BCUT2D eigenvalue weighted by Gasteiger charge is -2.28. The zero-order chi connectivity index (χ0) is 26.9. The van der Waals surface area contributed by atoms with Crippen LogP contribution in [-0.2, 0) is 24.9 Å². The van der Waals surface area contributed by atoms with E-state index in [4.69, 9.17) is 23.2 Å². The van der Waals surface area contributed by atoms with Crippen LogP contribution in [0.15, 0.2) is 57.3 Å². The van der Waals surface area contributed by atoms with Crippen LogP contribution in [0.5, 0.6) is 0 Å². The first-order valence-corrected chi connectivity index (χ1v) is 12.3. The van der Waals surface area contributed by atoms with Crippen LogP contribution < -0.4 is 21.5 Å². The van der Waals surface area contributed by atoms with Gasteiger partial charge in [0.2, 0.25) is 0 Å². The second kappa shape index (κ2) is 10.8. The van der Waals surface area contributed by atoms with Gasteiger partial charge in [-0.2, -0.15) is 0 Å². The number of allylic oxidation sites excluding steroid dienone is 3. The van der Waals surface area contributed by atoms with Gasteiger partial charge in [-0.3, -0.25) is 13.9 Å². The minimum absolute atomic E-state index is 0.0396. The zero-order valence-corrected chi connectivity index (χ0v) is 21.3. The van der Waals surface area contributed by atoms with E-state index in [1.165, 1.54) is 17.7 Å². The molecule has 2 aromatic rings. The van der Waals surface area contributed by atoms with Gasteiger partial charge < -0.3 is 20.1 Å². The lowest BCUT2D eigenvalue weighted by molar-refractivity contribution is -0.306. The van der Waals surface area contributed by atoms with Crippen LogP contribution >= 0.6 is 23.2 Å². The van der Waals surface area contributed by atoms with Crippen LogP contribution in [0.25, 0.3) is 0 Å². The number of hydrogen-bond donors (Lipinski definition) is 2. The topological polar surface area (TPSA) is 88.7 Å². The van der Waals surface area contributed by atoms with Crippen LogP contribution in [0.4, 0.5) is 24.7 Å². The molecule has 1 aliphatic heterocycles. The third kappa shape index (κ3) is 6.00. The minimum Gasteiger partial charge on any atom is -0.409 e. The minimum atomic E-state index is -4.87. The SMILES string of the molecule is Cn1c2c(c(=O)n(CCCO)c1=O)N(Cc1ccc(Cl)cc1)C(CC1=CCC(Cl)C(OC(F)(F)F)=C1)N2. The molecule has 4 rings (SSSR count). The highest BCUT2D eigenvalue weighted by molar-refractivity contribution is 6.30. The number of rotatable bonds is 8. The summed E-state index contributed by atoms with van der Waals surface area (Å²) in [5.41, 5.74) is 0.551. The van der Waals surface area contributed by atoms with Gasteiger partial charge >= 0.3 is 12.1 Å². The van der Waals surface area contributed by atoms with Crippen molar-refractivity contribution < 1.29 is 23.0 Å². The number of ether oxygens (including phenoxy) is 1. The highest BCUT2D eigenvalue weighted by Crippen LogP contribution is 2.36. The molecular formula is C24H25Cl2F3N4O4. The number of fused-ring (bicyclic) bond motifs is 1. The zero-order valence-electron chi connectivity index (χ0n) is 19.8. The van der Waals surface area contributed by atoms with Crippen molar-refractivity contribution in [1.29, 1.82) is 0 Å². The van der Waals surface area contributed by atoms with E-state index >= 15 is 0 Å². The van der Waals surface area contributed by atoms with Gasteiger partial charge in [-0.25, -0.2) is 4.79 Å². The standard InChI is InChI=1S/C24H25Cl2F3N4O4/c1-31-21-20(22(35)32(23(31)36)9-2-10-34)33(13-14-3-6-16(25)7-4-14)19(30-21)12-15-5-8-17(26)18(11-15)37-24(27,28)29/h3-7,11,17,19,30,34H,2,8-10,12-13H2,1H3. The number of nitrogens with zero attached hydrogens (tertiary/aromatic N) is 3. The highest BCUT2D eigenvalue weighted by atomic mass is 35.5. The molecule has 1 aromatic carbocycles. The number of anilines is 2. The Kier molecular flexibility index (Phi) is 7.96. The molecule has 13 heteroatoms. The number of halogens is 5. The third-order valence-electron chi connectivity index (χ3n) is 6.18. The Balaban J connectivity index is 1.72. The molecule has 0 radical (unpaired) electrons. The average molecular weight is 561 g/mol. The summed E-state index contributed by atoms with van der Waals surface area (Å²) in [6.07, 6.45) is -1.89. The van der Waals surface area contributed by atoms with E-state index in [-0.39, 0.29) is 44.6 Å². The van der Waals surface area contributed by atoms with Crippen LogP contribution in [0, 0.1) is 0 Å². The number of benzene rings is 1. The fraction of sp³-hybridized carbons (Fsp3) is 0.417. The Hall–Kier alpha value is -2.89. The molecule has 0 amide bonds.